The number of hydrogen-bond acceptors (Lipinski definition) is 3. The summed E-state index contributed by atoms with van der Waals surface area (Å²) >= 11 is 0. The fourth-order valence-corrected chi connectivity index (χ4v) is 4.09. The van der Waals surface area contributed by atoms with Gasteiger partial charge in [-0.25, -0.2) is 4.79 Å². The SMILES string of the molecule is CC(C)[C@H]1NC(=O)[C@@H]2[C@@H](NC(=O)NC3CCCCC3)CCN2C1=O. The summed E-state index contributed by atoms with van der Waals surface area (Å²) in [4.78, 5) is 38.8. The van der Waals surface area contributed by atoms with Crippen LogP contribution in [0.5, 0.6) is 0 Å². The molecule has 0 spiro atoms. The highest BCUT2D eigenvalue weighted by atomic mass is 16.2. The number of carbonyl (C=O) groups excluding carboxylic acids is 3. The fourth-order valence-electron chi connectivity index (χ4n) is 4.09. The van der Waals surface area contributed by atoms with Crippen LogP contribution in [0.3, 0.4) is 0 Å². The number of fused-ring (bicyclic) bond motifs is 1. The summed E-state index contributed by atoms with van der Waals surface area (Å²) in [5.74, 6) is -0.135. The molecule has 134 valence electrons. The van der Waals surface area contributed by atoms with Gasteiger partial charge in [0, 0.05) is 12.6 Å². The number of nitrogens with one attached hydrogen (secondary N) is 3. The molecular formula is C17H28N4O3. The van der Waals surface area contributed by atoms with Crippen LogP contribution < -0.4 is 16.0 Å². The number of nitrogens with zero attached hydrogens (tertiary/aromatic N) is 1. The third kappa shape index (κ3) is 3.35. The zero-order valence-electron chi connectivity index (χ0n) is 14.5. The van der Waals surface area contributed by atoms with Crippen LogP contribution in [0.1, 0.15) is 52.4 Å². The lowest BCUT2D eigenvalue weighted by Crippen LogP contribution is -2.66. The van der Waals surface area contributed by atoms with Gasteiger partial charge >= 0.3 is 6.03 Å². The molecule has 3 aliphatic rings. The summed E-state index contributed by atoms with van der Waals surface area (Å²) in [5, 5.41) is 8.74. The van der Waals surface area contributed by atoms with E-state index in [1.807, 2.05) is 13.8 Å². The second-order valence-electron chi connectivity index (χ2n) is 7.55. The van der Waals surface area contributed by atoms with Gasteiger partial charge in [-0.3, -0.25) is 9.59 Å². The molecule has 2 aliphatic heterocycles. The first kappa shape index (κ1) is 17.0. The summed E-state index contributed by atoms with van der Waals surface area (Å²) in [5.41, 5.74) is 0. The van der Waals surface area contributed by atoms with Crippen molar-refractivity contribution in [3.63, 3.8) is 0 Å². The molecule has 1 saturated carbocycles. The van der Waals surface area contributed by atoms with Crippen LogP contribution in [-0.2, 0) is 9.59 Å². The zero-order chi connectivity index (χ0) is 17.3. The molecular weight excluding hydrogens is 308 g/mol. The van der Waals surface area contributed by atoms with Crippen LogP contribution in [0, 0.1) is 5.92 Å². The average molecular weight is 336 g/mol. The Kier molecular flexibility index (Phi) is 4.96. The Morgan fingerprint density at radius 3 is 2.50 bits per heavy atom. The molecule has 3 rings (SSSR count). The van der Waals surface area contributed by atoms with E-state index >= 15 is 0 Å². The maximum Gasteiger partial charge on any atom is 0.315 e. The molecule has 0 bridgehead atoms. The Hall–Kier alpha value is -1.79. The molecule has 2 saturated heterocycles. The molecule has 0 aromatic carbocycles. The van der Waals surface area contributed by atoms with Crippen molar-refractivity contribution in [1.29, 1.82) is 0 Å². The fraction of sp³-hybridized carbons (Fsp3) is 0.824. The summed E-state index contributed by atoms with van der Waals surface area (Å²) in [6.07, 6.45) is 6.19. The summed E-state index contributed by atoms with van der Waals surface area (Å²) < 4.78 is 0. The lowest BCUT2D eigenvalue weighted by atomic mass is 9.95. The van der Waals surface area contributed by atoms with E-state index < -0.39 is 12.1 Å². The molecule has 3 fully saturated rings. The van der Waals surface area contributed by atoms with Gasteiger partial charge in [0.1, 0.15) is 12.1 Å². The van der Waals surface area contributed by atoms with Crippen LogP contribution in [0.25, 0.3) is 0 Å². The third-order valence-electron chi connectivity index (χ3n) is 5.44. The minimum atomic E-state index is -0.579. The highest BCUT2D eigenvalue weighted by molar-refractivity contribution is 5.98. The first-order valence-electron chi connectivity index (χ1n) is 9.15. The quantitative estimate of drug-likeness (QED) is 0.710. The maximum absolute atomic E-state index is 12.5. The van der Waals surface area contributed by atoms with Crippen LogP contribution in [0.2, 0.25) is 0 Å². The first-order chi connectivity index (χ1) is 11.5. The van der Waals surface area contributed by atoms with Crippen LogP contribution in [0.4, 0.5) is 4.79 Å². The van der Waals surface area contributed by atoms with E-state index in [9.17, 15) is 14.4 Å². The lowest BCUT2D eigenvalue weighted by Gasteiger charge is -2.38. The van der Waals surface area contributed by atoms with E-state index in [2.05, 4.69) is 16.0 Å². The Bertz CT molecular complexity index is 516. The standard InChI is InChI=1S/C17H28N4O3/c1-10(2)13-16(23)21-9-8-12(14(21)15(22)20-13)19-17(24)18-11-6-4-3-5-7-11/h10-14H,3-9H2,1-2H3,(H,20,22)(H2,18,19,24)/t12-,13+,14-/m0/s1. The van der Waals surface area contributed by atoms with Crippen LogP contribution >= 0.6 is 0 Å². The topological polar surface area (TPSA) is 90.5 Å². The van der Waals surface area contributed by atoms with Gasteiger partial charge < -0.3 is 20.9 Å². The molecule has 0 unspecified atom stereocenters. The van der Waals surface area contributed by atoms with Crippen LogP contribution in [-0.4, -0.2) is 53.5 Å². The molecule has 24 heavy (non-hydrogen) atoms. The van der Waals surface area contributed by atoms with Gasteiger partial charge in [-0.05, 0) is 25.2 Å². The van der Waals surface area contributed by atoms with Crippen molar-refractivity contribution in [2.45, 2.75) is 76.5 Å². The van der Waals surface area contributed by atoms with Crippen molar-refractivity contribution in [2.24, 2.45) is 5.92 Å². The molecule has 4 amide bonds. The van der Waals surface area contributed by atoms with Gasteiger partial charge in [-0.15, -0.1) is 0 Å². The first-order valence-corrected chi connectivity index (χ1v) is 9.15. The minimum Gasteiger partial charge on any atom is -0.342 e. The van der Waals surface area contributed by atoms with E-state index in [1.165, 1.54) is 6.42 Å². The summed E-state index contributed by atoms with van der Waals surface area (Å²) in [7, 11) is 0. The van der Waals surface area contributed by atoms with Crippen molar-refractivity contribution in [3.8, 4) is 0 Å². The number of carbonyl (C=O) groups is 3. The van der Waals surface area contributed by atoms with E-state index in [0.717, 1.165) is 25.7 Å². The number of hydrogen-bond donors (Lipinski definition) is 3. The maximum atomic E-state index is 12.5. The average Bonchev–Trinajstić information content (AvgIpc) is 2.96. The van der Waals surface area contributed by atoms with Gasteiger partial charge in [-0.1, -0.05) is 33.1 Å². The molecule has 2 heterocycles. The molecule has 0 aromatic rings. The van der Waals surface area contributed by atoms with Crippen molar-refractivity contribution in [1.82, 2.24) is 20.9 Å². The molecule has 3 atom stereocenters. The highest BCUT2D eigenvalue weighted by Gasteiger charge is 2.49. The Labute approximate surface area is 142 Å². The number of urea groups is 1. The Morgan fingerprint density at radius 1 is 1.12 bits per heavy atom. The predicted octanol–water partition coefficient (Wildman–Crippen LogP) is 0.742. The van der Waals surface area contributed by atoms with Crippen LogP contribution in [0.15, 0.2) is 0 Å². The van der Waals surface area contributed by atoms with E-state index in [0.29, 0.717) is 13.0 Å². The highest BCUT2D eigenvalue weighted by Crippen LogP contribution is 2.25. The molecule has 7 heteroatoms. The zero-order valence-corrected chi connectivity index (χ0v) is 14.5. The smallest absolute Gasteiger partial charge is 0.315 e. The normalized spacial score (nSPS) is 31.0. The van der Waals surface area contributed by atoms with Gasteiger partial charge in [0.25, 0.3) is 0 Å². The largest absolute Gasteiger partial charge is 0.342 e. The monoisotopic (exact) mass is 336 g/mol. The molecule has 7 nitrogen and oxygen atoms in total. The second-order valence-corrected chi connectivity index (χ2v) is 7.55. The van der Waals surface area contributed by atoms with Crippen molar-refractivity contribution < 1.29 is 14.4 Å². The van der Waals surface area contributed by atoms with Crippen molar-refractivity contribution >= 4 is 17.8 Å². The number of amides is 4. The summed E-state index contributed by atoms with van der Waals surface area (Å²) in [6, 6.07) is -1.35. The van der Waals surface area contributed by atoms with Gasteiger partial charge in [0.2, 0.25) is 11.8 Å². The van der Waals surface area contributed by atoms with E-state index in [4.69, 9.17) is 0 Å². The third-order valence-corrected chi connectivity index (χ3v) is 5.44. The number of rotatable bonds is 3. The van der Waals surface area contributed by atoms with Gasteiger partial charge in [0.05, 0.1) is 6.04 Å². The lowest BCUT2D eigenvalue weighted by molar-refractivity contribution is -0.148. The predicted molar refractivity (Wildman–Crippen MR) is 89.2 cm³/mol. The Balaban J connectivity index is 1.59. The van der Waals surface area contributed by atoms with Crippen molar-refractivity contribution in [3.05, 3.63) is 0 Å². The summed E-state index contributed by atoms with van der Waals surface area (Å²) in [6.45, 7) is 4.37. The molecule has 1 aliphatic carbocycles. The molecule has 0 aromatic heterocycles. The molecule has 0 radical (unpaired) electrons. The second kappa shape index (κ2) is 6.99. The van der Waals surface area contributed by atoms with E-state index in [-0.39, 0.29) is 35.8 Å². The van der Waals surface area contributed by atoms with Crippen molar-refractivity contribution in [2.75, 3.05) is 6.54 Å². The number of piperazine rings is 1. The molecule has 3 N–H and O–H groups in total. The van der Waals surface area contributed by atoms with Gasteiger partial charge in [0.15, 0.2) is 0 Å². The Morgan fingerprint density at radius 2 is 1.83 bits per heavy atom. The van der Waals surface area contributed by atoms with Gasteiger partial charge in [-0.2, -0.15) is 0 Å². The minimum absolute atomic E-state index is 0.0356. The van der Waals surface area contributed by atoms with E-state index in [1.54, 1.807) is 4.90 Å².